The lowest BCUT2D eigenvalue weighted by Gasteiger charge is -2.10. The lowest BCUT2D eigenvalue weighted by molar-refractivity contribution is 0.0955. The van der Waals surface area contributed by atoms with Crippen LogP contribution in [0.15, 0.2) is 35.7 Å². The van der Waals surface area contributed by atoms with Crippen molar-refractivity contribution in [3.8, 4) is 0 Å². The van der Waals surface area contributed by atoms with E-state index >= 15 is 0 Å². The number of hydrogen-bond donors (Lipinski definition) is 2. The number of amides is 1. The van der Waals surface area contributed by atoms with E-state index < -0.39 is 0 Å². The third-order valence-corrected chi connectivity index (χ3v) is 3.90. The maximum atomic E-state index is 12.1. The van der Waals surface area contributed by atoms with Gasteiger partial charge in [0, 0.05) is 29.2 Å². The van der Waals surface area contributed by atoms with Crippen LogP contribution in [0, 0.1) is 0 Å². The van der Waals surface area contributed by atoms with E-state index in [9.17, 15) is 4.79 Å². The molecular formula is C14H15ClN2OS. The molecule has 0 saturated carbocycles. The minimum Gasteiger partial charge on any atom is -0.387 e. The summed E-state index contributed by atoms with van der Waals surface area (Å²) in [5.41, 5.74) is 1.35. The standard InChI is InChI=1S/C14H15ClN2OS/c1-16-13-5-4-10(15)9-12(13)14(18)17-7-6-11-3-2-8-19-11/h2-5,8-9,16H,6-7H2,1H3,(H,17,18). The van der Waals surface area contributed by atoms with Crippen LogP contribution < -0.4 is 10.6 Å². The van der Waals surface area contributed by atoms with E-state index in [1.54, 1.807) is 36.6 Å². The number of nitrogens with one attached hydrogen (secondary N) is 2. The molecule has 0 fully saturated rings. The summed E-state index contributed by atoms with van der Waals surface area (Å²) in [6.07, 6.45) is 0.846. The van der Waals surface area contributed by atoms with Crippen LogP contribution in [-0.4, -0.2) is 19.5 Å². The largest absolute Gasteiger partial charge is 0.387 e. The number of hydrogen-bond acceptors (Lipinski definition) is 3. The lowest BCUT2D eigenvalue weighted by atomic mass is 10.1. The van der Waals surface area contributed by atoms with Gasteiger partial charge in [0.25, 0.3) is 5.91 Å². The zero-order valence-electron chi connectivity index (χ0n) is 10.6. The molecule has 100 valence electrons. The molecule has 1 heterocycles. The van der Waals surface area contributed by atoms with Crippen LogP contribution in [0.1, 0.15) is 15.2 Å². The molecule has 0 saturated heterocycles. The summed E-state index contributed by atoms with van der Waals surface area (Å²) < 4.78 is 0. The topological polar surface area (TPSA) is 41.1 Å². The van der Waals surface area contributed by atoms with Crippen LogP contribution in [-0.2, 0) is 6.42 Å². The van der Waals surface area contributed by atoms with E-state index in [1.165, 1.54) is 4.88 Å². The van der Waals surface area contributed by atoms with E-state index in [2.05, 4.69) is 16.7 Å². The fraction of sp³-hybridized carbons (Fsp3) is 0.214. The molecule has 0 aliphatic rings. The highest BCUT2D eigenvalue weighted by atomic mass is 35.5. The van der Waals surface area contributed by atoms with Crippen molar-refractivity contribution in [2.45, 2.75) is 6.42 Å². The molecule has 19 heavy (non-hydrogen) atoms. The Hall–Kier alpha value is -1.52. The Morgan fingerprint density at radius 1 is 1.37 bits per heavy atom. The molecule has 0 bridgehead atoms. The van der Waals surface area contributed by atoms with Crippen LogP contribution in [0.2, 0.25) is 5.02 Å². The van der Waals surface area contributed by atoms with Gasteiger partial charge in [-0.15, -0.1) is 11.3 Å². The smallest absolute Gasteiger partial charge is 0.253 e. The number of carbonyl (C=O) groups is 1. The fourth-order valence-corrected chi connectivity index (χ4v) is 2.65. The molecule has 3 nitrogen and oxygen atoms in total. The highest BCUT2D eigenvalue weighted by molar-refractivity contribution is 7.09. The molecular weight excluding hydrogens is 280 g/mol. The number of carbonyl (C=O) groups excluding carboxylic acids is 1. The Morgan fingerprint density at radius 2 is 2.21 bits per heavy atom. The number of benzene rings is 1. The third kappa shape index (κ3) is 3.72. The predicted octanol–water partition coefficient (Wildman–Crippen LogP) is 3.42. The van der Waals surface area contributed by atoms with Crippen LogP contribution in [0.5, 0.6) is 0 Å². The highest BCUT2D eigenvalue weighted by Crippen LogP contribution is 2.20. The SMILES string of the molecule is CNc1ccc(Cl)cc1C(=O)NCCc1cccs1. The first-order valence-electron chi connectivity index (χ1n) is 5.98. The minimum absolute atomic E-state index is 0.108. The summed E-state index contributed by atoms with van der Waals surface area (Å²) in [5.74, 6) is -0.108. The number of thiophene rings is 1. The summed E-state index contributed by atoms with van der Waals surface area (Å²) in [6.45, 7) is 0.620. The Balaban J connectivity index is 1.97. The van der Waals surface area contributed by atoms with Crippen LogP contribution in [0.3, 0.4) is 0 Å². The Bertz CT molecular complexity index is 555. The van der Waals surface area contributed by atoms with Crippen molar-refractivity contribution in [2.75, 3.05) is 18.9 Å². The van der Waals surface area contributed by atoms with Gasteiger partial charge in [0.2, 0.25) is 0 Å². The van der Waals surface area contributed by atoms with Gasteiger partial charge in [0.15, 0.2) is 0 Å². The van der Waals surface area contributed by atoms with Gasteiger partial charge in [-0.2, -0.15) is 0 Å². The molecule has 0 atom stereocenters. The normalized spacial score (nSPS) is 10.2. The number of halogens is 1. The van der Waals surface area contributed by atoms with Crippen molar-refractivity contribution in [1.82, 2.24) is 5.32 Å². The molecule has 2 rings (SSSR count). The van der Waals surface area contributed by atoms with Crippen molar-refractivity contribution in [3.05, 3.63) is 51.2 Å². The average Bonchev–Trinajstić information content (AvgIpc) is 2.91. The van der Waals surface area contributed by atoms with Gasteiger partial charge in [-0.1, -0.05) is 17.7 Å². The zero-order chi connectivity index (χ0) is 13.7. The van der Waals surface area contributed by atoms with Crippen molar-refractivity contribution >= 4 is 34.5 Å². The Kier molecular flexibility index (Phi) is 4.82. The summed E-state index contributed by atoms with van der Waals surface area (Å²) in [5, 5.41) is 8.49. The Morgan fingerprint density at radius 3 is 2.89 bits per heavy atom. The average molecular weight is 295 g/mol. The second-order valence-corrected chi connectivity index (χ2v) is 5.49. The van der Waals surface area contributed by atoms with Gasteiger partial charge < -0.3 is 10.6 Å². The van der Waals surface area contributed by atoms with E-state index in [4.69, 9.17) is 11.6 Å². The highest BCUT2D eigenvalue weighted by Gasteiger charge is 2.10. The monoisotopic (exact) mass is 294 g/mol. The van der Waals surface area contributed by atoms with Crippen molar-refractivity contribution in [3.63, 3.8) is 0 Å². The van der Waals surface area contributed by atoms with Crippen LogP contribution in [0.4, 0.5) is 5.69 Å². The van der Waals surface area contributed by atoms with Crippen molar-refractivity contribution in [2.24, 2.45) is 0 Å². The first kappa shape index (κ1) is 13.9. The maximum Gasteiger partial charge on any atom is 0.253 e. The van der Waals surface area contributed by atoms with Gasteiger partial charge in [-0.05, 0) is 36.1 Å². The molecule has 1 aromatic carbocycles. The maximum absolute atomic E-state index is 12.1. The lowest BCUT2D eigenvalue weighted by Crippen LogP contribution is -2.26. The second-order valence-electron chi connectivity index (χ2n) is 4.03. The third-order valence-electron chi connectivity index (χ3n) is 2.73. The molecule has 0 aliphatic heterocycles. The van der Waals surface area contributed by atoms with E-state index in [0.717, 1.165) is 12.1 Å². The number of anilines is 1. The first-order valence-corrected chi connectivity index (χ1v) is 7.24. The summed E-state index contributed by atoms with van der Waals surface area (Å²) in [4.78, 5) is 13.4. The molecule has 1 aromatic heterocycles. The molecule has 0 unspecified atom stereocenters. The molecule has 0 aliphatic carbocycles. The number of rotatable bonds is 5. The van der Waals surface area contributed by atoms with Crippen LogP contribution in [0.25, 0.3) is 0 Å². The van der Waals surface area contributed by atoms with Gasteiger partial charge >= 0.3 is 0 Å². The minimum atomic E-state index is -0.108. The molecule has 0 radical (unpaired) electrons. The zero-order valence-corrected chi connectivity index (χ0v) is 12.1. The van der Waals surface area contributed by atoms with Crippen molar-refractivity contribution in [1.29, 1.82) is 0 Å². The van der Waals surface area contributed by atoms with Crippen molar-refractivity contribution < 1.29 is 4.79 Å². The molecule has 2 N–H and O–H groups in total. The molecule has 0 spiro atoms. The summed E-state index contributed by atoms with van der Waals surface area (Å²) >= 11 is 7.62. The summed E-state index contributed by atoms with van der Waals surface area (Å²) in [7, 11) is 1.78. The van der Waals surface area contributed by atoms with E-state index in [-0.39, 0.29) is 5.91 Å². The second kappa shape index (κ2) is 6.59. The van der Waals surface area contributed by atoms with Gasteiger partial charge in [0.05, 0.1) is 5.56 Å². The van der Waals surface area contributed by atoms with E-state index in [0.29, 0.717) is 17.1 Å². The fourth-order valence-electron chi connectivity index (χ4n) is 1.77. The van der Waals surface area contributed by atoms with Gasteiger partial charge in [-0.3, -0.25) is 4.79 Å². The van der Waals surface area contributed by atoms with Gasteiger partial charge in [0.1, 0.15) is 0 Å². The quantitative estimate of drug-likeness (QED) is 0.887. The Labute approximate surface area is 121 Å². The molecule has 2 aromatic rings. The molecule has 5 heteroatoms. The van der Waals surface area contributed by atoms with E-state index in [1.807, 2.05) is 11.4 Å². The molecule has 1 amide bonds. The predicted molar refractivity (Wildman–Crippen MR) is 81.4 cm³/mol. The van der Waals surface area contributed by atoms with Crippen LogP contribution >= 0.6 is 22.9 Å². The first-order chi connectivity index (χ1) is 9.20. The summed E-state index contributed by atoms with van der Waals surface area (Å²) in [6, 6.07) is 9.31. The van der Waals surface area contributed by atoms with Gasteiger partial charge in [-0.25, -0.2) is 0 Å².